The molecule has 0 radical (unpaired) electrons. The summed E-state index contributed by atoms with van der Waals surface area (Å²) in [5.74, 6) is -0.134. The summed E-state index contributed by atoms with van der Waals surface area (Å²) in [7, 11) is 0. The number of thiol groups is 1. The largest absolute Gasteiger partial charge is 0.394 e. The van der Waals surface area contributed by atoms with Gasteiger partial charge in [0.15, 0.2) is 6.29 Å². The molecule has 8 nitrogen and oxygen atoms in total. The highest BCUT2D eigenvalue weighted by Gasteiger charge is 2.48. The van der Waals surface area contributed by atoms with Crippen molar-refractivity contribution in [3.8, 4) is 0 Å². The van der Waals surface area contributed by atoms with Crippen LogP contribution in [0.15, 0.2) is 0 Å². The molecule has 23 heavy (non-hydrogen) atoms. The maximum absolute atomic E-state index is 10.4. The van der Waals surface area contributed by atoms with Crippen LogP contribution in [0.25, 0.3) is 0 Å². The van der Waals surface area contributed by atoms with Crippen molar-refractivity contribution in [1.29, 1.82) is 0 Å². The molecule has 2 aliphatic rings. The monoisotopic (exact) mass is 354 g/mol. The quantitative estimate of drug-likeness (QED) is 0.316. The zero-order valence-corrected chi connectivity index (χ0v) is 14.0. The number of aliphatic hydroxyl groups is 5. The Morgan fingerprint density at radius 3 is 2.13 bits per heavy atom. The molecule has 0 saturated carbocycles. The third-order valence-electron chi connectivity index (χ3n) is 4.69. The Bertz CT molecular complexity index is 382. The molecule has 2 saturated heterocycles. The van der Waals surface area contributed by atoms with E-state index >= 15 is 0 Å². The highest BCUT2D eigenvalue weighted by molar-refractivity contribution is 7.80. The maximum atomic E-state index is 10.4. The van der Waals surface area contributed by atoms with Crippen LogP contribution < -0.4 is 0 Å². The first-order valence-corrected chi connectivity index (χ1v) is 8.35. The van der Waals surface area contributed by atoms with Gasteiger partial charge < -0.3 is 39.7 Å². The van der Waals surface area contributed by atoms with Crippen LogP contribution >= 0.6 is 12.6 Å². The van der Waals surface area contributed by atoms with E-state index in [1.165, 1.54) is 0 Å². The molecule has 5 N–H and O–H groups in total. The molecule has 0 aliphatic carbocycles. The zero-order valence-electron chi connectivity index (χ0n) is 13.1. The predicted molar refractivity (Wildman–Crippen MR) is 82.0 cm³/mol. The predicted octanol–water partition coefficient (Wildman–Crippen LogP) is -2.11. The van der Waals surface area contributed by atoms with Gasteiger partial charge in [-0.15, -0.1) is 0 Å². The van der Waals surface area contributed by atoms with Crippen LogP contribution in [0, 0.1) is 5.92 Å². The fourth-order valence-electron chi connectivity index (χ4n) is 2.92. The lowest BCUT2D eigenvalue weighted by Crippen LogP contribution is -2.62. The number of hydrogen-bond donors (Lipinski definition) is 6. The summed E-state index contributed by atoms with van der Waals surface area (Å²) in [5, 5.41) is 49.6. The van der Waals surface area contributed by atoms with E-state index in [4.69, 9.17) is 14.2 Å². The summed E-state index contributed by atoms with van der Waals surface area (Å²) in [6, 6.07) is 0. The van der Waals surface area contributed by atoms with Gasteiger partial charge in [0.05, 0.1) is 24.9 Å². The van der Waals surface area contributed by atoms with Gasteiger partial charge in [0.2, 0.25) is 0 Å². The van der Waals surface area contributed by atoms with Gasteiger partial charge in [-0.2, -0.15) is 12.6 Å². The summed E-state index contributed by atoms with van der Waals surface area (Å²) in [6.07, 6.45) is -9.28. The standard InChI is InChI=1S/C14H26O8S/c1-5-6(2)20-7(3-15)13(9(5)16)22-14-12(19)11(18)10(17)8(4-23)21-14/h5-19,23H,3-4H2,1-2H3/t5?,6-,7?,8?,9?,10-,11?,12?,13-,14-/m0/s1. The van der Waals surface area contributed by atoms with Crippen molar-refractivity contribution in [1.82, 2.24) is 0 Å². The van der Waals surface area contributed by atoms with E-state index in [1.54, 1.807) is 13.8 Å². The molecule has 0 bridgehead atoms. The van der Waals surface area contributed by atoms with Gasteiger partial charge >= 0.3 is 0 Å². The lowest BCUT2D eigenvalue weighted by Gasteiger charge is -2.46. The molecule has 0 aromatic rings. The molecule has 0 spiro atoms. The van der Waals surface area contributed by atoms with Crippen LogP contribution in [0.1, 0.15) is 13.8 Å². The van der Waals surface area contributed by atoms with Crippen molar-refractivity contribution in [2.45, 2.75) is 69.0 Å². The number of aliphatic hydroxyl groups excluding tert-OH is 5. The molecule has 10 atom stereocenters. The Morgan fingerprint density at radius 1 is 0.913 bits per heavy atom. The Morgan fingerprint density at radius 2 is 1.57 bits per heavy atom. The normalized spacial score (nSPS) is 51.7. The molecule has 0 aromatic carbocycles. The smallest absolute Gasteiger partial charge is 0.187 e. The molecule has 2 rings (SSSR count). The second-order valence-electron chi connectivity index (χ2n) is 6.21. The minimum Gasteiger partial charge on any atom is -0.394 e. The van der Waals surface area contributed by atoms with E-state index < -0.39 is 49.0 Å². The van der Waals surface area contributed by atoms with Crippen LogP contribution in [0.5, 0.6) is 0 Å². The van der Waals surface area contributed by atoms with Crippen molar-refractivity contribution < 1.29 is 39.7 Å². The highest BCUT2D eigenvalue weighted by atomic mass is 32.1. The minimum absolute atomic E-state index is 0.116. The van der Waals surface area contributed by atoms with Crippen LogP contribution in [0.3, 0.4) is 0 Å². The van der Waals surface area contributed by atoms with Crippen LogP contribution in [0.4, 0.5) is 0 Å². The van der Waals surface area contributed by atoms with Crippen molar-refractivity contribution in [2.24, 2.45) is 5.92 Å². The second-order valence-corrected chi connectivity index (χ2v) is 6.58. The van der Waals surface area contributed by atoms with Crippen molar-refractivity contribution in [3.05, 3.63) is 0 Å². The average Bonchev–Trinajstić information content (AvgIpc) is 2.55. The van der Waals surface area contributed by atoms with Gasteiger partial charge in [-0.25, -0.2) is 0 Å². The highest BCUT2D eigenvalue weighted by Crippen LogP contribution is 2.31. The first-order valence-electron chi connectivity index (χ1n) is 7.72. The zero-order chi connectivity index (χ0) is 17.3. The molecule has 2 fully saturated rings. The van der Waals surface area contributed by atoms with Crippen LogP contribution in [-0.4, -0.2) is 93.0 Å². The van der Waals surface area contributed by atoms with Gasteiger partial charge in [0, 0.05) is 11.7 Å². The summed E-state index contributed by atoms with van der Waals surface area (Å²) in [5.41, 5.74) is 0. The summed E-state index contributed by atoms with van der Waals surface area (Å²) in [6.45, 7) is 3.20. The van der Waals surface area contributed by atoms with E-state index in [0.29, 0.717) is 0 Å². The molecule has 0 aromatic heterocycles. The van der Waals surface area contributed by atoms with Gasteiger partial charge in [-0.05, 0) is 6.92 Å². The fourth-order valence-corrected chi connectivity index (χ4v) is 3.23. The average molecular weight is 354 g/mol. The lowest BCUT2D eigenvalue weighted by molar-refractivity contribution is -0.332. The van der Waals surface area contributed by atoms with Crippen molar-refractivity contribution in [3.63, 3.8) is 0 Å². The molecule has 2 heterocycles. The summed E-state index contributed by atoms with van der Waals surface area (Å²) in [4.78, 5) is 0. The third-order valence-corrected chi connectivity index (χ3v) is 5.05. The molecule has 136 valence electrons. The van der Waals surface area contributed by atoms with E-state index in [0.717, 1.165) is 0 Å². The fraction of sp³-hybridized carbons (Fsp3) is 1.00. The summed E-state index contributed by atoms with van der Waals surface area (Å²) >= 11 is 4.03. The van der Waals surface area contributed by atoms with Crippen molar-refractivity contribution >= 4 is 12.6 Å². The lowest BCUT2D eigenvalue weighted by atomic mass is 9.88. The molecule has 0 amide bonds. The first-order chi connectivity index (χ1) is 10.8. The molecule has 2 aliphatic heterocycles. The minimum atomic E-state index is -1.50. The molecule has 9 heteroatoms. The van der Waals surface area contributed by atoms with Crippen LogP contribution in [-0.2, 0) is 14.2 Å². The van der Waals surface area contributed by atoms with Crippen LogP contribution in [0.2, 0.25) is 0 Å². The second kappa shape index (κ2) is 7.94. The molecular weight excluding hydrogens is 328 g/mol. The van der Waals surface area contributed by atoms with Gasteiger partial charge in [0.1, 0.15) is 30.5 Å². The topological polar surface area (TPSA) is 129 Å². The van der Waals surface area contributed by atoms with E-state index in [-0.39, 0.29) is 24.4 Å². The Balaban J connectivity index is 2.11. The first kappa shape index (κ1) is 19.4. The SMILES string of the molecule is CC1C(O)[C@@H](O[C@@H]2OC(CS)[C@H](O)C(O)C2O)C(CO)O[C@H]1C. The number of hydrogen-bond acceptors (Lipinski definition) is 9. The van der Waals surface area contributed by atoms with Gasteiger partial charge in [0.25, 0.3) is 0 Å². The van der Waals surface area contributed by atoms with Gasteiger partial charge in [-0.3, -0.25) is 0 Å². The molecule has 6 unspecified atom stereocenters. The number of ether oxygens (including phenoxy) is 3. The number of rotatable bonds is 4. The third kappa shape index (κ3) is 3.83. The Labute approximate surface area is 140 Å². The maximum Gasteiger partial charge on any atom is 0.187 e. The van der Waals surface area contributed by atoms with Crippen molar-refractivity contribution in [2.75, 3.05) is 12.4 Å². The molecular formula is C14H26O8S. The van der Waals surface area contributed by atoms with E-state index in [1.807, 2.05) is 0 Å². The van der Waals surface area contributed by atoms with Gasteiger partial charge in [-0.1, -0.05) is 6.92 Å². The summed E-state index contributed by atoms with van der Waals surface area (Å²) < 4.78 is 16.7. The Kier molecular flexibility index (Phi) is 6.68. The van der Waals surface area contributed by atoms with E-state index in [9.17, 15) is 25.5 Å². The van der Waals surface area contributed by atoms with E-state index in [2.05, 4.69) is 12.6 Å². The Hall–Kier alpha value is 0.0300.